The third kappa shape index (κ3) is 5.88. The average molecular weight is 299 g/mol. The van der Waals surface area contributed by atoms with E-state index in [2.05, 4.69) is 32.6 Å². The fraction of sp³-hybridized carbons (Fsp3) is 1.00. The molecule has 0 aromatic rings. The van der Waals surface area contributed by atoms with E-state index in [0.717, 1.165) is 51.1 Å². The first-order chi connectivity index (χ1) is 10.1. The lowest BCUT2D eigenvalue weighted by molar-refractivity contribution is 0.0157. The van der Waals surface area contributed by atoms with Gasteiger partial charge < -0.3 is 10.5 Å². The van der Waals surface area contributed by atoms with Gasteiger partial charge in [0, 0.05) is 25.2 Å². The number of likely N-dealkylation sites (N-methyl/N-ethyl adjacent to an activating group) is 1. The molecule has 21 heavy (non-hydrogen) atoms. The topological polar surface area (TPSA) is 38.5 Å². The van der Waals surface area contributed by atoms with Crippen LogP contribution in [0.5, 0.6) is 0 Å². The third-order valence-corrected chi connectivity index (χ3v) is 5.39. The summed E-state index contributed by atoms with van der Waals surface area (Å²) in [6.07, 6.45) is 7.71. The maximum absolute atomic E-state index is 6.19. The van der Waals surface area contributed by atoms with Crippen molar-refractivity contribution in [2.24, 2.45) is 17.6 Å². The Kier molecular flexibility index (Phi) is 8.84. The summed E-state index contributed by atoms with van der Waals surface area (Å²) in [7, 11) is 0. The molecule has 126 valence electrons. The Morgan fingerprint density at radius 2 is 1.86 bits per heavy atom. The van der Waals surface area contributed by atoms with Crippen LogP contribution in [0.4, 0.5) is 0 Å². The van der Waals surface area contributed by atoms with Gasteiger partial charge in [-0.1, -0.05) is 34.1 Å². The number of nitrogens with zero attached hydrogens (tertiary/aromatic N) is 1. The van der Waals surface area contributed by atoms with Crippen molar-refractivity contribution in [3.05, 3.63) is 0 Å². The molecule has 3 heteroatoms. The molecule has 1 rings (SSSR count). The van der Waals surface area contributed by atoms with E-state index in [0.29, 0.717) is 0 Å². The SMILES string of the molecule is CCC1CCC(CN)(N(CC)CCOCCC(C)C)CC1. The quantitative estimate of drug-likeness (QED) is 0.625. The molecule has 3 nitrogen and oxygen atoms in total. The smallest absolute Gasteiger partial charge is 0.0593 e. The highest BCUT2D eigenvalue weighted by Crippen LogP contribution is 2.37. The van der Waals surface area contributed by atoms with Gasteiger partial charge in [0.25, 0.3) is 0 Å². The number of ether oxygens (including phenoxy) is 1. The predicted octanol–water partition coefficient (Wildman–Crippen LogP) is 3.67. The molecule has 0 atom stereocenters. The number of nitrogens with two attached hydrogens (primary N) is 1. The van der Waals surface area contributed by atoms with E-state index in [1.165, 1.54) is 32.1 Å². The van der Waals surface area contributed by atoms with Crippen molar-refractivity contribution in [1.82, 2.24) is 4.90 Å². The minimum atomic E-state index is 0.238. The van der Waals surface area contributed by atoms with Gasteiger partial charge in [0.15, 0.2) is 0 Å². The van der Waals surface area contributed by atoms with Gasteiger partial charge in [-0.3, -0.25) is 4.90 Å². The van der Waals surface area contributed by atoms with Crippen LogP contribution in [0.1, 0.15) is 66.2 Å². The Balaban J connectivity index is 2.41. The standard InChI is InChI=1S/C18H38N2O/c1-5-17-7-10-18(15-19,11-8-17)20(6-2)12-14-21-13-9-16(3)4/h16-17H,5-15,19H2,1-4H3. The van der Waals surface area contributed by atoms with Crippen molar-refractivity contribution in [3.8, 4) is 0 Å². The summed E-state index contributed by atoms with van der Waals surface area (Å²) < 4.78 is 5.82. The van der Waals surface area contributed by atoms with Crippen LogP contribution in [0.25, 0.3) is 0 Å². The van der Waals surface area contributed by atoms with Gasteiger partial charge in [0.1, 0.15) is 0 Å². The van der Waals surface area contributed by atoms with Gasteiger partial charge in [-0.2, -0.15) is 0 Å². The zero-order valence-electron chi connectivity index (χ0n) is 14.9. The maximum atomic E-state index is 6.19. The molecule has 0 heterocycles. The van der Waals surface area contributed by atoms with E-state index >= 15 is 0 Å². The maximum Gasteiger partial charge on any atom is 0.0593 e. The summed E-state index contributed by atoms with van der Waals surface area (Å²) >= 11 is 0. The van der Waals surface area contributed by atoms with Crippen LogP contribution in [0, 0.1) is 11.8 Å². The van der Waals surface area contributed by atoms with E-state index in [1.807, 2.05) is 0 Å². The van der Waals surface area contributed by atoms with Gasteiger partial charge in [-0.25, -0.2) is 0 Å². The van der Waals surface area contributed by atoms with Gasteiger partial charge in [-0.15, -0.1) is 0 Å². The highest BCUT2D eigenvalue weighted by molar-refractivity contribution is 4.95. The Hall–Kier alpha value is -0.120. The van der Waals surface area contributed by atoms with E-state index in [9.17, 15) is 0 Å². The van der Waals surface area contributed by atoms with Crippen LogP contribution in [-0.2, 0) is 4.74 Å². The van der Waals surface area contributed by atoms with Crippen LogP contribution >= 0.6 is 0 Å². The Morgan fingerprint density at radius 3 is 2.33 bits per heavy atom. The van der Waals surface area contributed by atoms with Gasteiger partial charge >= 0.3 is 0 Å². The zero-order chi connectivity index (χ0) is 15.7. The Labute approximate surface area is 132 Å². The molecule has 1 fully saturated rings. The van der Waals surface area contributed by atoms with Crippen LogP contribution in [0.2, 0.25) is 0 Å². The molecule has 0 saturated heterocycles. The molecule has 0 spiro atoms. The van der Waals surface area contributed by atoms with Crippen molar-refractivity contribution in [2.45, 2.75) is 71.8 Å². The second kappa shape index (κ2) is 9.81. The second-order valence-electron chi connectivity index (χ2n) is 7.15. The molecule has 1 aliphatic rings. The molecule has 0 radical (unpaired) electrons. The Bertz CT molecular complexity index is 260. The second-order valence-corrected chi connectivity index (χ2v) is 7.15. The molecule has 1 aliphatic carbocycles. The lowest BCUT2D eigenvalue weighted by Crippen LogP contribution is -2.56. The van der Waals surface area contributed by atoms with E-state index in [1.54, 1.807) is 0 Å². The molecule has 0 aromatic heterocycles. The highest BCUT2D eigenvalue weighted by atomic mass is 16.5. The summed E-state index contributed by atoms with van der Waals surface area (Å²) in [5, 5.41) is 0. The van der Waals surface area contributed by atoms with E-state index in [-0.39, 0.29) is 5.54 Å². The minimum absolute atomic E-state index is 0.238. The van der Waals surface area contributed by atoms with E-state index < -0.39 is 0 Å². The van der Waals surface area contributed by atoms with Crippen molar-refractivity contribution in [2.75, 3.05) is 32.8 Å². The van der Waals surface area contributed by atoms with Crippen LogP contribution in [0.3, 0.4) is 0 Å². The van der Waals surface area contributed by atoms with Crippen molar-refractivity contribution < 1.29 is 4.74 Å². The zero-order valence-corrected chi connectivity index (χ0v) is 14.9. The van der Waals surface area contributed by atoms with Crippen LogP contribution < -0.4 is 5.73 Å². The monoisotopic (exact) mass is 298 g/mol. The molecule has 0 amide bonds. The summed E-state index contributed by atoms with van der Waals surface area (Å²) in [6.45, 7) is 13.7. The molecular weight excluding hydrogens is 260 g/mol. The lowest BCUT2D eigenvalue weighted by atomic mass is 9.74. The van der Waals surface area contributed by atoms with Gasteiger partial charge in [-0.05, 0) is 50.5 Å². The van der Waals surface area contributed by atoms with Crippen molar-refractivity contribution in [3.63, 3.8) is 0 Å². The fourth-order valence-electron chi connectivity index (χ4n) is 3.60. The van der Waals surface area contributed by atoms with Crippen molar-refractivity contribution in [1.29, 1.82) is 0 Å². The van der Waals surface area contributed by atoms with Crippen LogP contribution in [-0.4, -0.2) is 43.3 Å². The fourth-order valence-corrected chi connectivity index (χ4v) is 3.60. The Morgan fingerprint density at radius 1 is 1.19 bits per heavy atom. The average Bonchev–Trinajstić information content (AvgIpc) is 2.50. The third-order valence-electron chi connectivity index (χ3n) is 5.39. The first-order valence-corrected chi connectivity index (χ1v) is 9.10. The van der Waals surface area contributed by atoms with Crippen molar-refractivity contribution >= 4 is 0 Å². The summed E-state index contributed by atoms with van der Waals surface area (Å²) in [4.78, 5) is 2.59. The molecule has 0 aliphatic heterocycles. The van der Waals surface area contributed by atoms with Crippen LogP contribution in [0.15, 0.2) is 0 Å². The van der Waals surface area contributed by atoms with Gasteiger partial charge in [0.05, 0.1) is 6.61 Å². The molecular formula is C18H38N2O. The minimum Gasteiger partial charge on any atom is -0.380 e. The largest absolute Gasteiger partial charge is 0.380 e. The summed E-state index contributed by atoms with van der Waals surface area (Å²) in [5.74, 6) is 1.65. The summed E-state index contributed by atoms with van der Waals surface area (Å²) in [6, 6.07) is 0. The highest BCUT2D eigenvalue weighted by Gasteiger charge is 2.37. The first kappa shape index (κ1) is 18.9. The summed E-state index contributed by atoms with van der Waals surface area (Å²) in [5.41, 5.74) is 6.43. The molecule has 0 aromatic carbocycles. The molecule has 0 bridgehead atoms. The number of hydrogen-bond donors (Lipinski definition) is 1. The molecule has 0 unspecified atom stereocenters. The normalized spacial score (nSPS) is 26.7. The molecule has 2 N–H and O–H groups in total. The predicted molar refractivity (Wildman–Crippen MR) is 91.6 cm³/mol. The lowest BCUT2D eigenvalue weighted by Gasteiger charge is -2.47. The molecule has 1 saturated carbocycles. The number of hydrogen-bond acceptors (Lipinski definition) is 3. The first-order valence-electron chi connectivity index (χ1n) is 9.10. The van der Waals surface area contributed by atoms with E-state index in [4.69, 9.17) is 10.5 Å². The number of rotatable bonds is 10. The van der Waals surface area contributed by atoms with Gasteiger partial charge in [0.2, 0.25) is 0 Å².